The number of nitrogens with one attached hydrogen (secondary N) is 3. The first-order chi connectivity index (χ1) is 17.2. The van der Waals surface area contributed by atoms with E-state index in [4.69, 9.17) is 0 Å². The molecule has 1 amide bonds. The van der Waals surface area contributed by atoms with Crippen molar-refractivity contribution in [2.45, 2.75) is 0 Å². The Morgan fingerprint density at radius 3 is 2.46 bits per heavy atom. The Morgan fingerprint density at radius 2 is 1.66 bits per heavy atom. The molecule has 3 aromatic carbocycles. The second kappa shape index (κ2) is 9.68. The molecule has 5 aromatic rings. The third-order valence-electron chi connectivity index (χ3n) is 5.27. The predicted octanol–water partition coefficient (Wildman–Crippen LogP) is 5.64. The van der Waals surface area contributed by atoms with Crippen LogP contribution in [0.1, 0.15) is 15.9 Å². The molecule has 0 aliphatic rings. The summed E-state index contributed by atoms with van der Waals surface area (Å²) in [5.41, 5.74) is 4.91. The van der Waals surface area contributed by atoms with Crippen LogP contribution in [0.2, 0.25) is 0 Å². The molecule has 5 rings (SSSR count). The maximum absolute atomic E-state index is 12.9. The lowest BCUT2D eigenvalue weighted by atomic mass is 10.1. The van der Waals surface area contributed by atoms with Crippen LogP contribution in [0.15, 0.2) is 97.6 Å². The first-order valence-electron chi connectivity index (χ1n) is 10.8. The monoisotopic (exact) mass is 457 g/mol. The number of nitriles is 1. The predicted molar refractivity (Wildman–Crippen MR) is 136 cm³/mol. The van der Waals surface area contributed by atoms with Gasteiger partial charge in [0, 0.05) is 46.1 Å². The Labute approximate surface area is 201 Å². The van der Waals surface area contributed by atoms with Crippen molar-refractivity contribution >= 4 is 45.4 Å². The van der Waals surface area contributed by atoms with Crippen molar-refractivity contribution in [2.24, 2.45) is 0 Å². The highest BCUT2D eigenvalue weighted by atomic mass is 16.1. The molecule has 0 saturated heterocycles. The van der Waals surface area contributed by atoms with Crippen LogP contribution in [0.4, 0.5) is 28.6 Å². The number of fused-ring (bicyclic) bond motifs is 1. The van der Waals surface area contributed by atoms with Crippen LogP contribution in [-0.2, 0) is 0 Å². The van der Waals surface area contributed by atoms with Crippen LogP contribution in [-0.4, -0.2) is 20.9 Å². The number of benzene rings is 3. The van der Waals surface area contributed by atoms with E-state index in [1.54, 1.807) is 42.7 Å². The molecule has 0 saturated carbocycles. The number of aromatic nitrogens is 3. The van der Waals surface area contributed by atoms with Gasteiger partial charge in [0.2, 0.25) is 0 Å². The van der Waals surface area contributed by atoms with Gasteiger partial charge < -0.3 is 16.0 Å². The number of nitrogens with zero attached hydrogens (tertiary/aromatic N) is 4. The fraction of sp³-hybridized carbons (Fsp3) is 0. The van der Waals surface area contributed by atoms with Gasteiger partial charge in [-0.1, -0.05) is 6.07 Å². The topological polar surface area (TPSA) is 116 Å². The quantitative estimate of drug-likeness (QED) is 0.302. The molecule has 2 aromatic heterocycles. The molecule has 2 heterocycles. The fourth-order valence-corrected chi connectivity index (χ4v) is 3.57. The van der Waals surface area contributed by atoms with Crippen LogP contribution in [0.5, 0.6) is 0 Å². The molecule has 8 heteroatoms. The van der Waals surface area contributed by atoms with Crippen molar-refractivity contribution in [3.8, 4) is 6.07 Å². The lowest BCUT2D eigenvalue weighted by Crippen LogP contribution is -2.12. The standard InChI is InChI=1S/C27H19N7O/c28-16-18-4-9-24-23(14-18)25(10-13-30-24)32-22-3-1-2-19(15-22)27(35)34-21-7-5-20(6-8-21)33-26-11-12-29-17-31-26/h1-15,17H,(H,30,32)(H,34,35)(H,29,31,33). The maximum atomic E-state index is 12.9. The Hall–Kier alpha value is -5.29. The van der Waals surface area contributed by atoms with Gasteiger partial charge in [0.1, 0.15) is 12.1 Å². The van der Waals surface area contributed by atoms with Crippen LogP contribution in [0, 0.1) is 11.3 Å². The number of amides is 1. The van der Waals surface area contributed by atoms with Crippen LogP contribution < -0.4 is 16.0 Å². The minimum Gasteiger partial charge on any atom is -0.355 e. The Kier molecular flexibility index (Phi) is 5.96. The molecule has 0 radical (unpaired) electrons. The molecule has 0 bridgehead atoms. The van der Waals surface area contributed by atoms with E-state index in [9.17, 15) is 10.1 Å². The minimum atomic E-state index is -0.225. The van der Waals surface area contributed by atoms with Gasteiger partial charge in [-0.25, -0.2) is 9.97 Å². The van der Waals surface area contributed by atoms with E-state index in [1.807, 2.05) is 48.5 Å². The molecule has 0 aliphatic carbocycles. The molecule has 35 heavy (non-hydrogen) atoms. The SMILES string of the molecule is N#Cc1ccc2nccc(Nc3cccc(C(=O)Nc4ccc(Nc5ccncn5)cc4)c3)c2c1. The number of anilines is 5. The zero-order chi connectivity index (χ0) is 24.0. The van der Waals surface area contributed by atoms with E-state index in [2.05, 4.69) is 37.0 Å². The number of carbonyl (C=O) groups excluding carboxylic acids is 1. The average Bonchev–Trinajstić information content (AvgIpc) is 2.90. The third-order valence-corrected chi connectivity index (χ3v) is 5.27. The summed E-state index contributed by atoms with van der Waals surface area (Å²) in [6.45, 7) is 0. The first kappa shape index (κ1) is 21.6. The molecular formula is C27H19N7O. The molecule has 0 unspecified atom stereocenters. The highest BCUT2D eigenvalue weighted by Crippen LogP contribution is 2.27. The van der Waals surface area contributed by atoms with Gasteiger partial charge in [0.15, 0.2) is 0 Å². The summed E-state index contributed by atoms with van der Waals surface area (Å²) in [6.07, 6.45) is 4.84. The molecule has 0 fully saturated rings. The second-order valence-corrected chi connectivity index (χ2v) is 7.66. The minimum absolute atomic E-state index is 0.225. The molecular weight excluding hydrogens is 438 g/mol. The van der Waals surface area contributed by atoms with E-state index in [-0.39, 0.29) is 5.91 Å². The summed E-state index contributed by atoms with van der Waals surface area (Å²) in [5, 5.41) is 19.5. The number of rotatable bonds is 6. The van der Waals surface area contributed by atoms with E-state index in [0.717, 1.165) is 28.0 Å². The number of hydrogen-bond acceptors (Lipinski definition) is 7. The van der Waals surface area contributed by atoms with Crippen molar-refractivity contribution in [2.75, 3.05) is 16.0 Å². The van der Waals surface area contributed by atoms with Crippen molar-refractivity contribution < 1.29 is 4.79 Å². The van der Waals surface area contributed by atoms with Crippen LogP contribution in [0.25, 0.3) is 10.9 Å². The largest absolute Gasteiger partial charge is 0.355 e. The molecule has 0 aliphatic heterocycles. The number of pyridine rings is 1. The molecule has 168 valence electrons. The van der Waals surface area contributed by atoms with Gasteiger partial charge in [0.25, 0.3) is 5.91 Å². The summed E-state index contributed by atoms with van der Waals surface area (Å²) in [7, 11) is 0. The van der Waals surface area contributed by atoms with Crippen molar-refractivity contribution in [3.05, 3.63) is 109 Å². The summed E-state index contributed by atoms with van der Waals surface area (Å²) >= 11 is 0. The lowest BCUT2D eigenvalue weighted by molar-refractivity contribution is 0.102. The molecule has 0 atom stereocenters. The molecule has 3 N–H and O–H groups in total. The lowest BCUT2D eigenvalue weighted by Gasteiger charge is -2.12. The Balaban J connectivity index is 1.30. The zero-order valence-corrected chi connectivity index (χ0v) is 18.4. The summed E-state index contributed by atoms with van der Waals surface area (Å²) < 4.78 is 0. The Bertz CT molecular complexity index is 1540. The van der Waals surface area contributed by atoms with Crippen molar-refractivity contribution in [3.63, 3.8) is 0 Å². The molecule has 0 spiro atoms. The Morgan fingerprint density at radius 1 is 0.800 bits per heavy atom. The van der Waals surface area contributed by atoms with E-state index in [0.29, 0.717) is 22.6 Å². The van der Waals surface area contributed by atoms with Crippen molar-refractivity contribution in [1.82, 2.24) is 15.0 Å². The summed E-state index contributed by atoms with van der Waals surface area (Å²) in [5.74, 6) is 0.462. The normalized spacial score (nSPS) is 10.4. The smallest absolute Gasteiger partial charge is 0.255 e. The van der Waals surface area contributed by atoms with E-state index in [1.165, 1.54) is 6.33 Å². The molecule has 8 nitrogen and oxygen atoms in total. The highest BCUT2D eigenvalue weighted by Gasteiger charge is 2.09. The van der Waals surface area contributed by atoms with Gasteiger partial charge >= 0.3 is 0 Å². The van der Waals surface area contributed by atoms with Gasteiger partial charge in [-0.05, 0) is 72.8 Å². The first-order valence-corrected chi connectivity index (χ1v) is 10.8. The van der Waals surface area contributed by atoms with Crippen LogP contribution in [0.3, 0.4) is 0 Å². The van der Waals surface area contributed by atoms with Crippen LogP contribution >= 0.6 is 0 Å². The maximum Gasteiger partial charge on any atom is 0.255 e. The van der Waals surface area contributed by atoms with Crippen molar-refractivity contribution in [1.29, 1.82) is 5.26 Å². The summed E-state index contributed by atoms with van der Waals surface area (Å²) in [6, 6.07) is 25.7. The highest BCUT2D eigenvalue weighted by molar-refractivity contribution is 6.05. The zero-order valence-electron chi connectivity index (χ0n) is 18.4. The van der Waals surface area contributed by atoms with Gasteiger partial charge in [0.05, 0.1) is 17.1 Å². The number of hydrogen-bond donors (Lipinski definition) is 3. The summed E-state index contributed by atoms with van der Waals surface area (Å²) in [4.78, 5) is 25.3. The fourth-order valence-electron chi connectivity index (χ4n) is 3.57. The van der Waals surface area contributed by atoms with Gasteiger partial charge in [-0.15, -0.1) is 0 Å². The average molecular weight is 457 g/mol. The second-order valence-electron chi connectivity index (χ2n) is 7.66. The van der Waals surface area contributed by atoms with E-state index >= 15 is 0 Å². The third kappa shape index (κ3) is 5.05. The van der Waals surface area contributed by atoms with Gasteiger partial charge in [-0.2, -0.15) is 5.26 Å². The van der Waals surface area contributed by atoms with E-state index < -0.39 is 0 Å². The number of carbonyl (C=O) groups is 1. The van der Waals surface area contributed by atoms with Gasteiger partial charge in [-0.3, -0.25) is 9.78 Å².